The first kappa shape index (κ1) is 13.5. The summed E-state index contributed by atoms with van der Waals surface area (Å²) in [5.41, 5.74) is 2.36. The summed E-state index contributed by atoms with van der Waals surface area (Å²) in [5, 5.41) is 4.29. The fourth-order valence-corrected chi connectivity index (χ4v) is 2.31. The van der Waals surface area contributed by atoms with Crippen molar-refractivity contribution in [2.75, 3.05) is 0 Å². The molecule has 0 aliphatic carbocycles. The highest BCUT2D eigenvalue weighted by atomic mass is 15.4. The van der Waals surface area contributed by atoms with Crippen molar-refractivity contribution in [2.45, 2.75) is 19.8 Å². The molecule has 0 aliphatic heterocycles. The van der Waals surface area contributed by atoms with Gasteiger partial charge in [0.1, 0.15) is 0 Å². The molecule has 0 fully saturated rings. The molecule has 0 atom stereocenters. The van der Waals surface area contributed by atoms with E-state index in [9.17, 15) is 0 Å². The van der Waals surface area contributed by atoms with E-state index >= 15 is 0 Å². The smallest absolute Gasteiger partial charge is 0.0935 e. The summed E-state index contributed by atoms with van der Waals surface area (Å²) in [6, 6.07) is 18.4. The van der Waals surface area contributed by atoms with Gasteiger partial charge in [-0.15, -0.1) is 0 Å². The third kappa shape index (κ3) is 4.00. The first-order valence-electron chi connectivity index (χ1n) is 7.04. The molecule has 0 unspecified atom stereocenters. The van der Waals surface area contributed by atoms with Gasteiger partial charge in [0, 0.05) is 31.7 Å². The van der Waals surface area contributed by atoms with E-state index in [0.717, 1.165) is 25.5 Å². The Hall–Kier alpha value is -2.46. The van der Waals surface area contributed by atoms with Crippen LogP contribution in [-0.4, -0.2) is 19.7 Å². The third-order valence-corrected chi connectivity index (χ3v) is 3.26. The number of aromatic nitrogens is 3. The van der Waals surface area contributed by atoms with E-state index in [4.69, 9.17) is 0 Å². The van der Waals surface area contributed by atoms with Gasteiger partial charge in [0.25, 0.3) is 0 Å². The van der Waals surface area contributed by atoms with Crippen LogP contribution in [0.3, 0.4) is 0 Å². The standard InChI is InChI=1S/C17H18N4/c1-2-7-16(8-3-1)13-20(15-21-12-6-11-19-21)14-17-9-4-5-10-18-17/h1-12H,13-15H2. The zero-order valence-corrected chi connectivity index (χ0v) is 11.8. The number of hydrogen-bond acceptors (Lipinski definition) is 3. The average molecular weight is 278 g/mol. The molecule has 21 heavy (non-hydrogen) atoms. The number of pyridine rings is 1. The zero-order valence-electron chi connectivity index (χ0n) is 11.8. The maximum absolute atomic E-state index is 4.42. The average Bonchev–Trinajstić information content (AvgIpc) is 3.02. The number of rotatable bonds is 6. The van der Waals surface area contributed by atoms with Gasteiger partial charge >= 0.3 is 0 Å². The van der Waals surface area contributed by atoms with E-state index in [1.165, 1.54) is 5.56 Å². The highest BCUT2D eigenvalue weighted by Crippen LogP contribution is 2.09. The van der Waals surface area contributed by atoms with E-state index in [0.29, 0.717) is 0 Å². The SMILES string of the molecule is c1ccc(CN(Cc2ccccn2)Cn2cccn2)cc1. The van der Waals surface area contributed by atoms with Crippen LogP contribution in [0.2, 0.25) is 0 Å². The van der Waals surface area contributed by atoms with Crippen LogP contribution in [0, 0.1) is 0 Å². The van der Waals surface area contributed by atoms with E-state index < -0.39 is 0 Å². The molecule has 4 heteroatoms. The van der Waals surface area contributed by atoms with Crippen molar-refractivity contribution in [1.29, 1.82) is 0 Å². The quantitative estimate of drug-likeness (QED) is 0.695. The Balaban J connectivity index is 1.74. The van der Waals surface area contributed by atoms with Gasteiger partial charge in [0.2, 0.25) is 0 Å². The van der Waals surface area contributed by atoms with Gasteiger partial charge in [-0.3, -0.25) is 14.6 Å². The van der Waals surface area contributed by atoms with Crippen molar-refractivity contribution in [3.63, 3.8) is 0 Å². The van der Waals surface area contributed by atoms with Crippen LogP contribution in [0.1, 0.15) is 11.3 Å². The first-order valence-corrected chi connectivity index (χ1v) is 7.04. The minimum Gasteiger partial charge on any atom is -0.274 e. The van der Waals surface area contributed by atoms with E-state index in [1.807, 2.05) is 47.5 Å². The summed E-state index contributed by atoms with van der Waals surface area (Å²) in [5.74, 6) is 0. The lowest BCUT2D eigenvalue weighted by atomic mass is 10.2. The van der Waals surface area contributed by atoms with Crippen molar-refractivity contribution in [2.24, 2.45) is 0 Å². The van der Waals surface area contributed by atoms with Crippen LogP contribution in [0.15, 0.2) is 73.2 Å². The van der Waals surface area contributed by atoms with E-state index in [1.54, 1.807) is 0 Å². The largest absolute Gasteiger partial charge is 0.274 e. The molecule has 3 rings (SSSR count). The fourth-order valence-electron chi connectivity index (χ4n) is 2.31. The van der Waals surface area contributed by atoms with Gasteiger partial charge in [-0.25, -0.2) is 0 Å². The normalized spacial score (nSPS) is 10.9. The topological polar surface area (TPSA) is 34.0 Å². The molecule has 0 bridgehead atoms. The molecule has 2 heterocycles. The van der Waals surface area contributed by atoms with Crippen molar-refractivity contribution < 1.29 is 0 Å². The molecule has 0 spiro atoms. The molecule has 0 amide bonds. The summed E-state index contributed by atoms with van der Waals surface area (Å²) in [4.78, 5) is 6.74. The lowest BCUT2D eigenvalue weighted by Crippen LogP contribution is -2.26. The summed E-state index contributed by atoms with van der Waals surface area (Å²) in [7, 11) is 0. The molecule has 4 nitrogen and oxygen atoms in total. The fraction of sp³-hybridized carbons (Fsp3) is 0.176. The Kier molecular flexibility index (Phi) is 4.39. The van der Waals surface area contributed by atoms with Gasteiger partial charge in [0.05, 0.1) is 12.4 Å². The number of benzene rings is 1. The van der Waals surface area contributed by atoms with Crippen molar-refractivity contribution >= 4 is 0 Å². The molecule has 0 saturated heterocycles. The Bertz CT molecular complexity index is 594. The minimum absolute atomic E-state index is 0.748. The molecule has 2 aromatic heterocycles. The van der Waals surface area contributed by atoms with Crippen LogP contribution in [0.25, 0.3) is 0 Å². The predicted molar refractivity (Wildman–Crippen MR) is 82.2 cm³/mol. The van der Waals surface area contributed by atoms with Crippen LogP contribution in [-0.2, 0) is 19.8 Å². The van der Waals surface area contributed by atoms with Crippen LogP contribution in [0.5, 0.6) is 0 Å². The molecule has 3 aromatic rings. The van der Waals surface area contributed by atoms with Gasteiger partial charge in [-0.05, 0) is 23.8 Å². The Morgan fingerprint density at radius 2 is 1.71 bits per heavy atom. The second kappa shape index (κ2) is 6.81. The summed E-state index contributed by atoms with van der Waals surface area (Å²) >= 11 is 0. The van der Waals surface area contributed by atoms with Crippen molar-refractivity contribution in [1.82, 2.24) is 19.7 Å². The second-order valence-corrected chi connectivity index (χ2v) is 4.98. The molecule has 0 aliphatic rings. The number of nitrogens with zero attached hydrogens (tertiary/aromatic N) is 4. The van der Waals surface area contributed by atoms with Crippen LogP contribution < -0.4 is 0 Å². The van der Waals surface area contributed by atoms with Crippen LogP contribution in [0.4, 0.5) is 0 Å². The molecule has 0 saturated carbocycles. The minimum atomic E-state index is 0.748. The van der Waals surface area contributed by atoms with Gasteiger partial charge in [-0.2, -0.15) is 5.10 Å². The molecule has 0 N–H and O–H groups in total. The highest BCUT2D eigenvalue weighted by Gasteiger charge is 2.08. The van der Waals surface area contributed by atoms with Crippen LogP contribution >= 0.6 is 0 Å². The Morgan fingerprint density at radius 3 is 2.43 bits per heavy atom. The Morgan fingerprint density at radius 1 is 0.857 bits per heavy atom. The van der Waals surface area contributed by atoms with Gasteiger partial charge in [0.15, 0.2) is 0 Å². The highest BCUT2D eigenvalue weighted by molar-refractivity contribution is 5.14. The predicted octanol–water partition coefficient (Wildman–Crippen LogP) is 2.94. The van der Waals surface area contributed by atoms with Gasteiger partial charge < -0.3 is 0 Å². The lowest BCUT2D eigenvalue weighted by molar-refractivity contribution is 0.187. The summed E-state index contributed by atoms with van der Waals surface area (Å²) in [6.45, 7) is 2.42. The van der Waals surface area contributed by atoms with Crippen molar-refractivity contribution in [3.8, 4) is 0 Å². The second-order valence-electron chi connectivity index (χ2n) is 4.98. The maximum atomic E-state index is 4.42. The summed E-state index contributed by atoms with van der Waals surface area (Å²) < 4.78 is 1.94. The van der Waals surface area contributed by atoms with Crippen molar-refractivity contribution in [3.05, 3.63) is 84.4 Å². The molecular formula is C17H18N4. The Labute approximate surface area is 124 Å². The monoisotopic (exact) mass is 278 g/mol. The van der Waals surface area contributed by atoms with E-state index in [-0.39, 0.29) is 0 Å². The molecule has 0 radical (unpaired) electrons. The lowest BCUT2D eigenvalue weighted by Gasteiger charge is -2.22. The zero-order chi connectivity index (χ0) is 14.3. The summed E-state index contributed by atoms with van der Waals surface area (Å²) in [6.07, 6.45) is 5.63. The first-order chi connectivity index (χ1) is 10.4. The van der Waals surface area contributed by atoms with E-state index in [2.05, 4.69) is 45.3 Å². The maximum Gasteiger partial charge on any atom is 0.0935 e. The third-order valence-electron chi connectivity index (χ3n) is 3.26. The van der Waals surface area contributed by atoms with Gasteiger partial charge in [-0.1, -0.05) is 36.4 Å². The number of hydrogen-bond donors (Lipinski definition) is 0. The molecular weight excluding hydrogens is 260 g/mol. The molecule has 1 aromatic carbocycles. The molecule has 106 valence electrons.